The number of fused-ring (bicyclic) bond motifs is 6. The van der Waals surface area contributed by atoms with Gasteiger partial charge in [-0.15, -0.1) is 17.2 Å². The molecule has 0 unspecified atom stereocenters. The first-order chi connectivity index (χ1) is 51.3. The molecule has 0 spiro atoms. The van der Waals surface area contributed by atoms with Gasteiger partial charge in [-0.05, 0) is 145 Å². The van der Waals surface area contributed by atoms with E-state index >= 15 is 0 Å². The van der Waals surface area contributed by atoms with Gasteiger partial charge in [-0.2, -0.15) is 0 Å². The molecule has 10 heteroatoms. The molecule has 0 saturated heterocycles. The predicted octanol–water partition coefficient (Wildman–Crippen LogP) is 22.0. The molecule has 0 amide bonds. The standard InChI is InChI=1S/3C32H24N2O.Al/c3*1-20-14-16-23-10-6-12-26(31(23)33-20)29-25(22-8-4-3-5-9-22)18-19-28(35)30(29)27-13-7-11-24-17-15-21(2)34-32(24)27;/h3*3-19,35H,1-2H3;/q;;;+3/p-3. The molecular formula is C96H69AlN6O3. The van der Waals surface area contributed by atoms with Gasteiger partial charge in [0.25, 0.3) is 0 Å². The van der Waals surface area contributed by atoms with Gasteiger partial charge in [0.1, 0.15) is 0 Å². The Hall–Kier alpha value is -13.0. The topological polar surface area (TPSA) is 147 Å². The molecule has 0 aliphatic rings. The number of aryl methyl sites for hydroxylation is 6. The third-order valence-corrected chi connectivity index (χ3v) is 19.5. The second kappa shape index (κ2) is 29.4. The van der Waals surface area contributed by atoms with Crippen LogP contribution in [-0.2, 0) is 0 Å². The van der Waals surface area contributed by atoms with Crippen molar-refractivity contribution in [3.8, 4) is 117 Å². The number of hydrogen-bond donors (Lipinski definition) is 0. The van der Waals surface area contributed by atoms with E-state index in [9.17, 15) is 15.3 Å². The zero-order valence-corrected chi connectivity index (χ0v) is 60.6. The van der Waals surface area contributed by atoms with Crippen molar-refractivity contribution in [3.63, 3.8) is 0 Å². The van der Waals surface area contributed by atoms with Crippen LogP contribution >= 0.6 is 0 Å². The normalized spacial score (nSPS) is 11.2. The van der Waals surface area contributed by atoms with E-state index in [1.54, 1.807) is 18.2 Å². The van der Waals surface area contributed by atoms with Crippen molar-refractivity contribution < 1.29 is 15.3 Å². The summed E-state index contributed by atoms with van der Waals surface area (Å²) in [5, 5.41) is 47.2. The molecule has 0 aliphatic carbocycles. The van der Waals surface area contributed by atoms with Gasteiger partial charge in [0, 0.05) is 99.9 Å². The molecule has 9 nitrogen and oxygen atoms in total. The molecule has 0 fully saturated rings. The van der Waals surface area contributed by atoms with Gasteiger partial charge in [-0.1, -0.05) is 273 Å². The molecule has 0 aliphatic heterocycles. The molecule has 0 radical (unpaired) electrons. The Labute approximate surface area is 626 Å². The summed E-state index contributed by atoms with van der Waals surface area (Å²) in [5.74, 6) is -0.0829. The number of aromatic nitrogens is 6. The van der Waals surface area contributed by atoms with Crippen LogP contribution in [0.3, 0.4) is 0 Å². The zero-order valence-electron chi connectivity index (χ0n) is 59.4. The first kappa shape index (κ1) is 68.8. The smallest absolute Gasteiger partial charge is 0.872 e. The number of benzene rings is 12. The average Bonchev–Trinajstić information content (AvgIpc) is 0.754. The maximum atomic E-state index is 13.7. The molecular weight excluding hydrogens is 1310 g/mol. The Kier molecular flexibility index (Phi) is 19.1. The van der Waals surface area contributed by atoms with Crippen molar-refractivity contribution in [1.29, 1.82) is 0 Å². The van der Waals surface area contributed by atoms with Crippen LogP contribution in [0.5, 0.6) is 17.2 Å². The zero-order chi connectivity index (χ0) is 71.8. The van der Waals surface area contributed by atoms with Crippen molar-refractivity contribution in [2.24, 2.45) is 0 Å². The molecule has 0 atom stereocenters. The minimum absolute atomic E-state index is 0. The van der Waals surface area contributed by atoms with E-state index in [2.05, 4.69) is 109 Å². The molecule has 6 heterocycles. The quantitative estimate of drug-likeness (QED) is 0.129. The molecule has 0 saturated carbocycles. The van der Waals surface area contributed by atoms with Gasteiger partial charge >= 0.3 is 17.4 Å². The van der Waals surface area contributed by atoms with Crippen molar-refractivity contribution in [1.82, 2.24) is 29.9 Å². The first-order valence-corrected chi connectivity index (χ1v) is 35.2. The monoisotopic (exact) mass is 1380 g/mol. The Balaban J connectivity index is 0.000000127. The van der Waals surface area contributed by atoms with Gasteiger partial charge in [0.2, 0.25) is 0 Å². The number of nitrogens with zero attached hydrogens (tertiary/aromatic N) is 6. The second-order valence-corrected chi connectivity index (χ2v) is 26.7. The fourth-order valence-corrected chi connectivity index (χ4v) is 14.6. The van der Waals surface area contributed by atoms with Crippen molar-refractivity contribution in [3.05, 3.63) is 344 Å². The summed E-state index contributed by atoms with van der Waals surface area (Å²) >= 11 is 0. The van der Waals surface area contributed by atoms with Gasteiger partial charge < -0.3 is 15.3 Å². The van der Waals surface area contributed by atoms with Gasteiger partial charge in [-0.3, -0.25) is 29.9 Å². The van der Waals surface area contributed by atoms with E-state index in [1.807, 2.05) is 224 Å². The first-order valence-electron chi connectivity index (χ1n) is 35.2. The van der Waals surface area contributed by atoms with Crippen LogP contribution in [0.2, 0.25) is 0 Å². The molecule has 18 aromatic rings. The molecule has 18 rings (SSSR count). The number of hydrogen-bond acceptors (Lipinski definition) is 9. The summed E-state index contributed by atoms with van der Waals surface area (Å²) in [7, 11) is 0. The Bertz CT molecular complexity index is 5790. The number of pyridine rings is 6. The Morgan fingerprint density at radius 3 is 0.557 bits per heavy atom. The van der Waals surface area contributed by atoms with Crippen LogP contribution in [0.25, 0.3) is 166 Å². The second-order valence-electron chi connectivity index (χ2n) is 26.7. The van der Waals surface area contributed by atoms with Gasteiger partial charge in [0.05, 0.1) is 33.1 Å². The van der Waals surface area contributed by atoms with Crippen LogP contribution < -0.4 is 15.3 Å². The Morgan fingerprint density at radius 2 is 0.358 bits per heavy atom. The maximum absolute atomic E-state index is 13.7. The van der Waals surface area contributed by atoms with E-state index < -0.39 is 0 Å². The maximum Gasteiger partial charge on any atom is 3.00 e. The minimum Gasteiger partial charge on any atom is -0.872 e. The Morgan fingerprint density at radius 1 is 0.170 bits per heavy atom. The van der Waals surface area contributed by atoms with Crippen molar-refractivity contribution in [2.45, 2.75) is 41.5 Å². The van der Waals surface area contributed by atoms with Gasteiger partial charge in [0.15, 0.2) is 0 Å². The summed E-state index contributed by atoms with van der Waals surface area (Å²) < 4.78 is 0. The van der Waals surface area contributed by atoms with E-state index in [1.165, 1.54) is 0 Å². The molecule has 12 aromatic carbocycles. The van der Waals surface area contributed by atoms with Crippen molar-refractivity contribution >= 4 is 82.8 Å². The number of rotatable bonds is 9. The molecule has 0 bridgehead atoms. The molecule has 504 valence electrons. The summed E-state index contributed by atoms with van der Waals surface area (Å²) in [4.78, 5) is 29.3. The predicted molar refractivity (Wildman–Crippen MR) is 433 cm³/mol. The van der Waals surface area contributed by atoms with Crippen LogP contribution in [0.1, 0.15) is 34.2 Å². The van der Waals surface area contributed by atoms with E-state index in [0.29, 0.717) is 16.7 Å². The fourth-order valence-electron chi connectivity index (χ4n) is 14.6. The van der Waals surface area contributed by atoms with Crippen LogP contribution in [0, 0.1) is 41.5 Å². The SMILES string of the molecule is Cc1ccc2cccc(-c3c([O-])ccc(-c4ccccc4)c3-c3cccc4ccc(C)nc34)c2n1.Cc1ccc2cccc(-c3c([O-])ccc(-c4ccccc4)c3-c3cccc4ccc(C)nc34)c2n1.Cc1ccc2cccc(-c3c([O-])ccc(-c4ccccc4)c3-c3cccc4ccc(C)nc34)c2n1.[Al+3]. The molecule has 106 heavy (non-hydrogen) atoms. The van der Waals surface area contributed by atoms with Crippen LogP contribution in [0.4, 0.5) is 0 Å². The van der Waals surface area contributed by atoms with Crippen LogP contribution in [0.15, 0.2) is 309 Å². The summed E-state index contributed by atoms with van der Waals surface area (Å²) in [6, 6.07) is 103. The largest absolute Gasteiger partial charge is 3.00 e. The summed E-state index contributed by atoms with van der Waals surface area (Å²) in [5.41, 5.74) is 26.9. The average molecular weight is 1380 g/mol. The van der Waals surface area contributed by atoms with Crippen LogP contribution in [-0.4, -0.2) is 47.3 Å². The molecule has 0 N–H and O–H groups in total. The summed E-state index contributed by atoms with van der Waals surface area (Å²) in [6.07, 6.45) is 0. The third kappa shape index (κ3) is 13.2. The van der Waals surface area contributed by atoms with Crippen molar-refractivity contribution in [2.75, 3.05) is 0 Å². The minimum atomic E-state index is -0.0276. The van der Waals surface area contributed by atoms with E-state index in [0.717, 1.165) is 183 Å². The number of para-hydroxylation sites is 6. The third-order valence-electron chi connectivity index (χ3n) is 19.5. The van der Waals surface area contributed by atoms with E-state index in [-0.39, 0.29) is 34.6 Å². The fraction of sp³-hybridized carbons (Fsp3) is 0.0625. The molecule has 6 aromatic heterocycles. The van der Waals surface area contributed by atoms with Gasteiger partial charge in [-0.25, -0.2) is 0 Å². The van der Waals surface area contributed by atoms with E-state index in [4.69, 9.17) is 29.9 Å². The summed E-state index contributed by atoms with van der Waals surface area (Å²) in [6.45, 7) is 11.9.